The lowest BCUT2D eigenvalue weighted by molar-refractivity contribution is 0.339. The van der Waals surface area contributed by atoms with Gasteiger partial charge in [-0.05, 0) is 36.8 Å². The second-order valence-electron chi connectivity index (χ2n) is 5.39. The number of methoxy groups -OCH3 is 2. The molecule has 1 aromatic heterocycles. The Morgan fingerprint density at radius 2 is 1.73 bits per heavy atom. The van der Waals surface area contributed by atoms with Crippen molar-refractivity contribution in [2.24, 2.45) is 4.99 Å². The van der Waals surface area contributed by atoms with Crippen molar-refractivity contribution in [3.8, 4) is 17.2 Å². The van der Waals surface area contributed by atoms with Gasteiger partial charge in [0.2, 0.25) is 5.75 Å². The van der Waals surface area contributed by atoms with Crippen molar-refractivity contribution in [2.45, 2.75) is 20.0 Å². The van der Waals surface area contributed by atoms with Crippen molar-refractivity contribution in [3.05, 3.63) is 42.2 Å². The lowest BCUT2D eigenvalue weighted by Crippen LogP contribution is -2.38. The van der Waals surface area contributed by atoms with Crippen molar-refractivity contribution < 1.29 is 14.6 Å². The predicted molar refractivity (Wildman–Crippen MR) is 114 cm³/mol. The fraction of sp³-hybridized carbons (Fsp3) is 0.389. The maximum Gasteiger partial charge on any atom is 0.200 e. The van der Waals surface area contributed by atoms with Crippen molar-refractivity contribution in [1.29, 1.82) is 0 Å². The van der Waals surface area contributed by atoms with Crippen LogP contribution in [0, 0.1) is 0 Å². The number of nitrogens with zero attached hydrogens (tertiary/aromatic N) is 2. The van der Waals surface area contributed by atoms with E-state index in [4.69, 9.17) is 9.47 Å². The zero-order valence-electron chi connectivity index (χ0n) is 15.4. The first-order chi connectivity index (χ1) is 12.2. The maximum absolute atomic E-state index is 9.97. The van der Waals surface area contributed by atoms with E-state index in [1.165, 1.54) is 14.2 Å². The zero-order chi connectivity index (χ0) is 18.1. The number of nitrogens with one attached hydrogen (secondary N) is 2. The average Bonchev–Trinajstić information content (AvgIpc) is 3.14. The minimum Gasteiger partial charge on any atom is -0.502 e. The molecular formula is C18H27IN4O3. The minimum absolute atomic E-state index is 0. The van der Waals surface area contributed by atoms with Crippen LogP contribution < -0.4 is 20.1 Å². The number of guanidine groups is 1. The van der Waals surface area contributed by atoms with Crippen LogP contribution in [-0.4, -0.2) is 42.9 Å². The van der Waals surface area contributed by atoms with Gasteiger partial charge < -0.3 is 29.8 Å². The standard InChI is InChI=1S/C18H26N4O3.HI/c1-4-19-18(20-7-10-22-8-5-6-9-22)21-13-14-11-15(24-2)17(23)16(12-14)25-3;/h5-6,8-9,11-12,23H,4,7,10,13H2,1-3H3,(H2,19,20,21);1H. The molecule has 0 saturated carbocycles. The summed E-state index contributed by atoms with van der Waals surface area (Å²) in [6, 6.07) is 7.52. The molecule has 2 rings (SSSR count). The number of hydrogen-bond acceptors (Lipinski definition) is 4. The summed E-state index contributed by atoms with van der Waals surface area (Å²) in [7, 11) is 3.02. The van der Waals surface area contributed by atoms with Crippen LogP contribution in [0.2, 0.25) is 0 Å². The van der Waals surface area contributed by atoms with Crippen LogP contribution in [0.25, 0.3) is 0 Å². The Bertz CT molecular complexity index is 665. The smallest absolute Gasteiger partial charge is 0.200 e. The van der Waals surface area contributed by atoms with Crippen LogP contribution in [-0.2, 0) is 13.1 Å². The normalized spacial score (nSPS) is 10.8. The Balaban J connectivity index is 0.00000338. The number of phenolic OH excluding ortho intramolecular Hbond substituents is 1. The summed E-state index contributed by atoms with van der Waals surface area (Å²) in [4.78, 5) is 4.58. The molecule has 0 unspecified atom stereocenters. The SMILES string of the molecule is CCNC(=NCc1cc(OC)c(O)c(OC)c1)NCCn1cccc1.I. The Hall–Kier alpha value is -2.10. The molecule has 0 aliphatic rings. The van der Waals surface area contributed by atoms with E-state index in [1.807, 2.05) is 31.5 Å². The van der Waals surface area contributed by atoms with Gasteiger partial charge in [0.25, 0.3) is 0 Å². The zero-order valence-corrected chi connectivity index (χ0v) is 17.7. The first-order valence-electron chi connectivity index (χ1n) is 8.24. The van der Waals surface area contributed by atoms with Gasteiger partial charge in [0.1, 0.15) is 0 Å². The van der Waals surface area contributed by atoms with Crippen LogP contribution in [0.4, 0.5) is 0 Å². The van der Waals surface area contributed by atoms with E-state index in [-0.39, 0.29) is 29.7 Å². The second-order valence-corrected chi connectivity index (χ2v) is 5.39. The van der Waals surface area contributed by atoms with Crippen LogP contribution in [0.5, 0.6) is 17.2 Å². The molecular weight excluding hydrogens is 447 g/mol. The van der Waals surface area contributed by atoms with Gasteiger partial charge in [-0.25, -0.2) is 4.99 Å². The summed E-state index contributed by atoms with van der Waals surface area (Å²) >= 11 is 0. The fourth-order valence-electron chi connectivity index (χ4n) is 2.37. The van der Waals surface area contributed by atoms with Gasteiger partial charge in [0, 0.05) is 32.0 Å². The van der Waals surface area contributed by atoms with Gasteiger partial charge in [0.15, 0.2) is 17.5 Å². The highest BCUT2D eigenvalue weighted by Gasteiger charge is 2.11. The first kappa shape index (κ1) is 21.9. The summed E-state index contributed by atoms with van der Waals surface area (Å²) < 4.78 is 12.5. The van der Waals surface area contributed by atoms with Crippen LogP contribution >= 0.6 is 24.0 Å². The Kier molecular flexibility index (Phi) is 9.71. The highest BCUT2D eigenvalue weighted by molar-refractivity contribution is 14.0. The maximum atomic E-state index is 9.97. The van der Waals surface area contributed by atoms with Crippen LogP contribution in [0.3, 0.4) is 0 Å². The molecule has 3 N–H and O–H groups in total. The van der Waals surface area contributed by atoms with E-state index in [0.29, 0.717) is 18.0 Å². The molecule has 0 amide bonds. The number of halogens is 1. The van der Waals surface area contributed by atoms with E-state index in [1.54, 1.807) is 12.1 Å². The molecule has 0 atom stereocenters. The molecule has 8 heteroatoms. The monoisotopic (exact) mass is 474 g/mol. The van der Waals surface area contributed by atoms with Gasteiger partial charge in [-0.2, -0.15) is 0 Å². The topological polar surface area (TPSA) is 80.0 Å². The average molecular weight is 474 g/mol. The Morgan fingerprint density at radius 1 is 1.12 bits per heavy atom. The molecule has 144 valence electrons. The largest absolute Gasteiger partial charge is 0.502 e. The molecule has 0 saturated heterocycles. The van der Waals surface area contributed by atoms with Gasteiger partial charge in [-0.15, -0.1) is 24.0 Å². The molecule has 7 nitrogen and oxygen atoms in total. The fourth-order valence-corrected chi connectivity index (χ4v) is 2.37. The summed E-state index contributed by atoms with van der Waals surface area (Å²) in [5.41, 5.74) is 0.883. The number of aromatic nitrogens is 1. The van der Waals surface area contributed by atoms with Gasteiger partial charge in [0.05, 0.1) is 20.8 Å². The van der Waals surface area contributed by atoms with Crippen LogP contribution in [0.15, 0.2) is 41.7 Å². The third-order valence-electron chi connectivity index (χ3n) is 3.63. The summed E-state index contributed by atoms with van der Waals surface area (Å²) in [6.07, 6.45) is 4.06. The quantitative estimate of drug-likeness (QED) is 0.312. The van der Waals surface area contributed by atoms with Crippen molar-refractivity contribution >= 4 is 29.9 Å². The van der Waals surface area contributed by atoms with E-state index in [9.17, 15) is 5.11 Å². The third-order valence-corrected chi connectivity index (χ3v) is 3.63. The number of aliphatic imine (C=N–C) groups is 1. The number of phenols is 1. The van der Waals surface area contributed by atoms with Crippen molar-refractivity contribution in [1.82, 2.24) is 15.2 Å². The number of aromatic hydroxyl groups is 1. The molecule has 0 spiro atoms. The Morgan fingerprint density at radius 3 is 2.27 bits per heavy atom. The number of hydrogen-bond donors (Lipinski definition) is 3. The van der Waals surface area contributed by atoms with E-state index in [0.717, 1.165) is 31.2 Å². The molecule has 0 aliphatic heterocycles. The predicted octanol–water partition coefficient (Wildman–Crippen LogP) is 2.58. The molecule has 0 fully saturated rings. The van der Waals surface area contributed by atoms with Crippen molar-refractivity contribution in [3.63, 3.8) is 0 Å². The molecule has 0 radical (unpaired) electrons. The number of rotatable bonds is 8. The summed E-state index contributed by atoms with van der Waals surface area (Å²) in [5, 5.41) is 16.5. The van der Waals surface area contributed by atoms with E-state index < -0.39 is 0 Å². The minimum atomic E-state index is -0.00511. The third kappa shape index (κ3) is 6.32. The summed E-state index contributed by atoms with van der Waals surface area (Å²) in [5.74, 6) is 1.47. The molecule has 1 aromatic carbocycles. The molecule has 0 aliphatic carbocycles. The van der Waals surface area contributed by atoms with Crippen LogP contribution in [0.1, 0.15) is 12.5 Å². The lowest BCUT2D eigenvalue weighted by Gasteiger charge is -2.13. The highest BCUT2D eigenvalue weighted by Crippen LogP contribution is 2.37. The van der Waals surface area contributed by atoms with E-state index in [2.05, 4.69) is 20.2 Å². The highest BCUT2D eigenvalue weighted by atomic mass is 127. The number of benzene rings is 1. The van der Waals surface area contributed by atoms with E-state index >= 15 is 0 Å². The van der Waals surface area contributed by atoms with Gasteiger partial charge in [-0.1, -0.05) is 0 Å². The second kappa shape index (κ2) is 11.5. The Labute approximate surface area is 171 Å². The van der Waals surface area contributed by atoms with Gasteiger partial charge >= 0.3 is 0 Å². The van der Waals surface area contributed by atoms with Gasteiger partial charge in [-0.3, -0.25) is 0 Å². The number of ether oxygens (including phenoxy) is 2. The summed E-state index contributed by atoms with van der Waals surface area (Å²) in [6.45, 7) is 4.86. The molecule has 0 bridgehead atoms. The molecule has 1 heterocycles. The lowest BCUT2D eigenvalue weighted by atomic mass is 10.2. The first-order valence-corrected chi connectivity index (χ1v) is 8.24. The molecule has 2 aromatic rings. The van der Waals surface area contributed by atoms with Crippen molar-refractivity contribution in [2.75, 3.05) is 27.3 Å². The molecule has 26 heavy (non-hydrogen) atoms.